The highest BCUT2D eigenvalue weighted by Crippen LogP contribution is 2.27. The number of piperidine rings is 1. The number of aryl methyl sites for hydroxylation is 1. The minimum Gasteiger partial charge on any atom is -0.497 e. The number of aromatic nitrogens is 2. The molecule has 0 atom stereocenters. The van der Waals surface area contributed by atoms with Gasteiger partial charge in [-0.05, 0) is 61.2 Å². The van der Waals surface area contributed by atoms with E-state index in [1.165, 1.54) is 0 Å². The van der Waals surface area contributed by atoms with Crippen LogP contribution in [0.5, 0.6) is 5.75 Å². The van der Waals surface area contributed by atoms with E-state index in [-0.39, 0.29) is 30.4 Å². The number of benzene rings is 2. The Balaban J connectivity index is 1.12. The van der Waals surface area contributed by atoms with Crippen LogP contribution in [0.3, 0.4) is 0 Å². The Morgan fingerprint density at radius 2 is 1.94 bits per heavy atom. The molecule has 2 N–H and O–H groups in total. The average molecular weight is 491 g/mol. The molecule has 0 spiro atoms. The molecule has 1 saturated heterocycles. The second kappa shape index (κ2) is 9.88. The Bertz CT molecular complexity index is 1310. The topological polar surface area (TPSA) is 109 Å². The van der Waals surface area contributed by atoms with Gasteiger partial charge in [0.15, 0.2) is 0 Å². The lowest BCUT2D eigenvalue weighted by Gasteiger charge is -2.38. The number of rotatable bonds is 5. The van der Waals surface area contributed by atoms with Gasteiger partial charge in [0.05, 0.1) is 31.0 Å². The summed E-state index contributed by atoms with van der Waals surface area (Å²) in [5.41, 5.74) is 4.01. The number of carbonyl (C=O) groups is 3. The maximum atomic E-state index is 12.9. The number of nitrogens with one attached hydrogen (secondary N) is 2. The van der Waals surface area contributed by atoms with Gasteiger partial charge in [0, 0.05) is 44.0 Å². The second-order valence-corrected chi connectivity index (χ2v) is 9.25. The zero-order valence-electron chi connectivity index (χ0n) is 20.5. The summed E-state index contributed by atoms with van der Waals surface area (Å²) in [5, 5.41) is 5.74. The first kappa shape index (κ1) is 23.7. The molecule has 3 aromatic rings. The molecule has 0 bridgehead atoms. The molecule has 3 heterocycles. The van der Waals surface area contributed by atoms with Crippen molar-refractivity contribution in [1.82, 2.24) is 24.7 Å². The smallest absolute Gasteiger partial charge is 0.322 e. The van der Waals surface area contributed by atoms with E-state index < -0.39 is 0 Å². The van der Waals surface area contributed by atoms with Gasteiger partial charge < -0.3 is 29.7 Å². The predicted molar refractivity (Wildman–Crippen MR) is 135 cm³/mol. The van der Waals surface area contributed by atoms with E-state index in [1.807, 2.05) is 40.8 Å². The van der Waals surface area contributed by atoms with Crippen LogP contribution in [0.2, 0.25) is 0 Å². The minimum absolute atomic E-state index is 0.0601. The fourth-order valence-electron chi connectivity index (χ4n) is 4.98. The summed E-state index contributed by atoms with van der Waals surface area (Å²) >= 11 is 0. The summed E-state index contributed by atoms with van der Waals surface area (Å²) in [6, 6.07) is 10.9. The molecule has 1 fully saturated rings. The lowest BCUT2D eigenvalue weighted by molar-refractivity contribution is -0.131. The van der Waals surface area contributed by atoms with Gasteiger partial charge in [0.2, 0.25) is 5.91 Å². The number of hydrogen-bond acceptors (Lipinski definition) is 5. The first-order valence-electron chi connectivity index (χ1n) is 12.1. The summed E-state index contributed by atoms with van der Waals surface area (Å²) in [5.74, 6) is 0.344. The van der Waals surface area contributed by atoms with E-state index in [1.54, 1.807) is 30.5 Å². The van der Waals surface area contributed by atoms with Crippen molar-refractivity contribution < 1.29 is 19.1 Å². The van der Waals surface area contributed by atoms with E-state index in [9.17, 15) is 14.4 Å². The van der Waals surface area contributed by atoms with Gasteiger partial charge in [-0.1, -0.05) is 0 Å². The fourth-order valence-corrected chi connectivity index (χ4v) is 4.98. The molecule has 0 unspecified atom stereocenters. The summed E-state index contributed by atoms with van der Waals surface area (Å²) in [6.07, 6.45) is 3.83. The van der Waals surface area contributed by atoms with Crippen molar-refractivity contribution in [3.63, 3.8) is 0 Å². The lowest BCUT2D eigenvalue weighted by Crippen LogP contribution is -2.51. The maximum absolute atomic E-state index is 12.9. The third kappa shape index (κ3) is 4.71. The molecule has 0 radical (unpaired) electrons. The van der Waals surface area contributed by atoms with Gasteiger partial charge in [-0.15, -0.1) is 0 Å². The van der Waals surface area contributed by atoms with Crippen LogP contribution in [0.4, 0.5) is 10.5 Å². The Morgan fingerprint density at radius 3 is 2.72 bits per heavy atom. The molecule has 4 amide bonds. The molecule has 0 aliphatic carbocycles. The zero-order chi connectivity index (χ0) is 25.2. The SMILES string of the molecule is COc1ccc2c(c1)CCN(C1CCN(C(=O)CNC(=O)c3ccc4c(c3)ncn4C)CC1)C(=O)N2. The first-order valence-corrected chi connectivity index (χ1v) is 12.1. The van der Waals surface area contributed by atoms with Crippen molar-refractivity contribution in [2.24, 2.45) is 7.05 Å². The summed E-state index contributed by atoms with van der Waals surface area (Å²) in [7, 11) is 3.53. The number of nitrogens with zero attached hydrogens (tertiary/aromatic N) is 4. The molecule has 36 heavy (non-hydrogen) atoms. The summed E-state index contributed by atoms with van der Waals surface area (Å²) in [4.78, 5) is 46.1. The lowest BCUT2D eigenvalue weighted by atomic mass is 10.0. The Labute approximate surface area is 209 Å². The van der Waals surface area contributed by atoms with Crippen LogP contribution in [0.25, 0.3) is 11.0 Å². The number of carbonyl (C=O) groups excluding carboxylic acids is 3. The first-order chi connectivity index (χ1) is 17.4. The number of fused-ring (bicyclic) bond motifs is 2. The molecule has 2 aliphatic heterocycles. The van der Waals surface area contributed by atoms with Crippen LogP contribution in [0, 0.1) is 0 Å². The van der Waals surface area contributed by atoms with Crippen molar-refractivity contribution >= 4 is 34.6 Å². The van der Waals surface area contributed by atoms with E-state index in [0.29, 0.717) is 38.0 Å². The Kier molecular flexibility index (Phi) is 6.49. The number of methoxy groups -OCH3 is 1. The van der Waals surface area contributed by atoms with E-state index >= 15 is 0 Å². The van der Waals surface area contributed by atoms with Crippen LogP contribution >= 0.6 is 0 Å². The molecule has 188 valence electrons. The quantitative estimate of drug-likeness (QED) is 0.571. The monoisotopic (exact) mass is 490 g/mol. The molecule has 2 aliphatic rings. The standard InChI is InChI=1S/C26H30N6O4/c1-30-16-28-22-14-18(3-6-23(22)30)25(34)27-15-24(33)31-10-8-19(9-11-31)32-12-7-17-13-20(36-2)4-5-21(17)29-26(32)35/h3-6,13-14,16,19H,7-12,15H2,1-2H3,(H,27,34)(H,29,35). The largest absolute Gasteiger partial charge is 0.497 e. The van der Waals surface area contributed by atoms with E-state index in [2.05, 4.69) is 15.6 Å². The van der Waals surface area contributed by atoms with E-state index in [4.69, 9.17) is 4.74 Å². The third-order valence-corrected chi connectivity index (χ3v) is 7.08. The predicted octanol–water partition coefficient (Wildman–Crippen LogP) is 2.39. The number of imidazole rings is 1. The normalized spacial score (nSPS) is 16.3. The van der Waals surface area contributed by atoms with Gasteiger partial charge in [-0.2, -0.15) is 0 Å². The zero-order valence-corrected chi connectivity index (χ0v) is 20.5. The number of anilines is 1. The summed E-state index contributed by atoms with van der Waals surface area (Å²) < 4.78 is 7.19. The van der Waals surface area contributed by atoms with Crippen molar-refractivity contribution in [2.75, 3.05) is 38.6 Å². The fraction of sp³-hybridized carbons (Fsp3) is 0.385. The number of hydrogen-bond donors (Lipinski definition) is 2. The van der Waals surface area contributed by atoms with Crippen molar-refractivity contribution in [2.45, 2.75) is 25.3 Å². The van der Waals surface area contributed by atoms with Crippen LogP contribution < -0.4 is 15.4 Å². The van der Waals surface area contributed by atoms with Crippen molar-refractivity contribution in [1.29, 1.82) is 0 Å². The maximum Gasteiger partial charge on any atom is 0.322 e. The van der Waals surface area contributed by atoms with Gasteiger partial charge in [0.25, 0.3) is 5.91 Å². The van der Waals surface area contributed by atoms with Gasteiger partial charge in [-0.25, -0.2) is 9.78 Å². The average Bonchev–Trinajstić information content (AvgIpc) is 3.18. The number of ether oxygens (including phenoxy) is 1. The van der Waals surface area contributed by atoms with Gasteiger partial charge in [0.1, 0.15) is 5.75 Å². The van der Waals surface area contributed by atoms with Crippen molar-refractivity contribution in [3.05, 3.63) is 53.9 Å². The number of amides is 4. The second-order valence-electron chi connectivity index (χ2n) is 9.25. The molecule has 2 aromatic carbocycles. The highest BCUT2D eigenvalue weighted by Gasteiger charge is 2.31. The molecule has 1 aromatic heterocycles. The van der Waals surface area contributed by atoms with Crippen molar-refractivity contribution in [3.8, 4) is 5.75 Å². The van der Waals surface area contributed by atoms with Crippen LogP contribution in [0.15, 0.2) is 42.7 Å². The Morgan fingerprint density at radius 1 is 1.14 bits per heavy atom. The molecule has 10 heteroatoms. The number of urea groups is 1. The van der Waals surface area contributed by atoms with Crippen LogP contribution in [0.1, 0.15) is 28.8 Å². The molecule has 5 rings (SSSR count). The van der Waals surface area contributed by atoms with Crippen LogP contribution in [-0.4, -0.2) is 76.5 Å². The minimum atomic E-state index is -0.303. The Hall–Kier alpha value is -4.08. The van der Waals surface area contributed by atoms with Gasteiger partial charge >= 0.3 is 6.03 Å². The molecule has 10 nitrogen and oxygen atoms in total. The highest BCUT2D eigenvalue weighted by atomic mass is 16.5. The van der Waals surface area contributed by atoms with Crippen LogP contribution in [-0.2, 0) is 18.3 Å². The van der Waals surface area contributed by atoms with E-state index in [0.717, 1.165) is 34.5 Å². The molecular formula is C26H30N6O4. The molecular weight excluding hydrogens is 460 g/mol. The third-order valence-electron chi connectivity index (χ3n) is 7.08. The number of likely N-dealkylation sites (tertiary alicyclic amines) is 1. The summed E-state index contributed by atoms with van der Waals surface area (Å²) in [6.45, 7) is 1.64. The van der Waals surface area contributed by atoms with Gasteiger partial charge in [-0.3, -0.25) is 9.59 Å². The highest BCUT2D eigenvalue weighted by molar-refractivity contribution is 5.99. The molecule has 0 saturated carbocycles.